The van der Waals surface area contributed by atoms with Crippen molar-refractivity contribution >= 4 is 34.2 Å². The molecule has 1 N–H and O–H groups in total. The number of pyridine rings is 1. The SMILES string of the molecule is CCOC(=O)Cc1csc(NC(=O)c2cccnc2N2CCOCC2)n1. The van der Waals surface area contributed by atoms with Crippen LogP contribution in [0.5, 0.6) is 0 Å². The highest BCUT2D eigenvalue weighted by molar-refractivity contribution is 7.14. The summed E-state index contributed by atoms with van der Waals surface area (Å²) < 4.78 is 10.3. The predicted molar refractivity (Wildman–Crippen MR) is 97.7 cm³/mol. The van der Waals surface area contributed by atoms with E-state index in [4.69, 9.17) is 9.47 Å². The number of morpholine rings is 1. The lowest BCUT2D eigenvalue weighted by atomic mass is 10.2. The zero-order valence-corrected chi connectivity index (χ0v) is 15.3. The molecule has 0 spiro atoms. The lowest BCUT2D eigenvalue weighted by Crippen LogP contribution is -2.38. The van der Waals surface area contributed by atoms with E-state index in [1.807, 2.05) is 4.90 Å². The van der Waals surface area contributed by atoms with E-state index in [0.29, 0.717) is 55.1 Å². The second-order valence-corrected chi connectivity index (χ2v) is 6.41. The molecule has 0 radical (unpaired) electrons. The number of nitrogens with one attached hydrogen (secondary N) is 1. The molecule has 3 rings (SSSR count). The summed E-state index contributed by atoms with van der Waals surface area (Å²) in [6, 6.07) is 3.47. The molecular weight excluding hydrogens is 356 g/mol. The van der Waals surface area contributed by atoms with Crippen molar-refractivity contribution in [1.82, 2.24) is 9.97 Å². The first-order valence-corrected chi connectivity index (χ1v) is 9.24. The Bertz CT molecular complexity index is 774. The van der Waals surface area contributed by atoms with Gasteiger partial charge in [-0.25, -0.2) is 9.97 Å². The normalized spacial score (nSPS) is 14.1. The molecule has 1 saturated heterocycles. The van der Waals surface area contributed by atoms with Gasteiger partial charge in [0.15, 0.2) is 5.13 Å². The number of ether oxygens (including phenoxy) is 2. The highest BCUT2D eigenvalue weighted by Gasteiger charge is 2.20. The first kappa shape index (κ1) is 18.3. The van der Waals surface area contributed by atoms with E-state index < -0.39 is 0 Å². The van der Waals surface area contributed by atoms with Gasteiger partial charge in [-0.1, -0.05) is 0 Å². The first-order valence-electron chi connectivity index (χ1n) is 8.36. The molecule has 3 heterocycles. The van der Waals surface area contributed by atoms with Crippen molar-refractivity contribution in [3.63, 3.8) is 0 Å². The molecule has 0 atom stereocenters. The average Bonchev–Trinajstić information content (AvgIpc) is 3.09. The maximum Gasteiger partial charge on any atom is 0.311 e. The van der Waals surface area contributed by atoms with Gasteiger partial charge >= 0.3 is 5.97 Å². The van der Waals surface area contributed by atoms with Gasteiger partial charge in [-0.15, -0.1) is 11.3 Å². The lowest BCUT2D eigenvalue weighted by Gasteiger charge is -2.29. The van der Waals surface area contributed by atoms with Gasteiger partial charge in [0, 0.05) is 24.7 Å². The van der Waals surface area contributed by atoms with Gasteiger partial charge in [-0.3, -0.25) is 14.9 Å². The van der Waals surface area contributed by atoms with E-state index >= 15 is 0 Å². The maximum atomic E-state index is 12.7. The molecule has 0 aromatic carbocycles. The number of rotatable bonds is 6. The Morgan fingerprint density at radius 2 is 2.19 bits per heavy atom. The average molecular weight is 376 g/mol. The Morgan fingerprint density at radius 1 is 1.38 bits per heavy atom. The number of carbonyl (C=O) groups excluding carboxylic acids is 2. The van der Waals surface area contributed by atoms with Crippen molar-refractivity contribution in [1.29, 1.82) is 0 Å². The highest BCUT2D eigenvalue weighted by Crippen LogP contribution is 2.22. The molecule has 26 heavy (non-hydrogen) atoms. The van der Waals surface area contributed by atoms with Crippen LogP contribution < -0.4 is 10.2 Å². The summed E-state index contributed by atoms with van der Waals surface area (Å²) in [6.45, 7) is 4.70. The molecule has 1 aliphatic rings. The lowest BCUT2D eigenvalue weighted by molar-refractivity contribution is -0.142. The van der Waals surface area contributed by atoms with Crippen molar-refractivity contribution in [2.75, 3.05) is 43.1 Å². The Morgan fingerprint density at radius 3 is 2.96 bits per heavy atom. The third kappa shape index (κ3) is 4.55. The summed E-state index contributed by atoms with van der Waals surface area (Å²) >= 11 is 1.27. The molecular formula is C17H20N4O4S. The molecule has 1 aliphatic heterocycles. The van der Waals surface area contributed by atoms with Crippen molar-refractivity contribution in [2.24, 2.45) is 0 Å². The number of nitrogens with zero attached hydrogens (tertiary/aromatic N) is 3. The zero-order valence-electron chi connectivity index (χ0n) is 14.4. The van der Waals surface area contributed by atoms with Crippen molar-refractivity contribution in [2.45, 2.75) is 13.3 Å². The van der Waals surface area contributed by atoms with Crippen LogP contribution in [0.25, 0.3) is 0 Å². The van der Waals surface area contributed by atoms with Crippen molar-refractivity contribution < 1.29 is 19.1 Å². The summed E-state index contributed by atoms with van der Waals surface area (Å²) in [6.07, 6.45) is 1.76. The Balaban J connectivity index is 1.69. The summed E-state index contributed by atoms with van der Waals surface area (Å²) in [5, 5.41) is 4.95. The topological polar surface area (TPSA) is 93.6 Å². The molecule has 138 valence electrons. The van der Waals surface area contributed by atoms with E-state index in [2.05, 4.69) is 15.3 Å². The van der Waals surface area contributed by atoms with E-state index in [1.165, 1.54) is 11.3 Å². The smallest absolute Gasteiger partial charge is 0.311 e. The molecule has 0 bridgehead atoms. The first-order chi connectivity index (χ1) is 12.7. The van der Waals surface area contributed by atoms with E-state index in [9.17, 15) is 9.59 Å². The Labute approximate surface area is 155 Å². The molecule has 1 fully saturated rings. The van der Waals surface area contributed by atoms with Crippen LogP contribution in [-0.2, 0) is 20.7 Å². The van der Waals surface area contributed by atoms with Crippen LogP contribution in [0, 0.1) is 0 Å². The predicted octanol–water partition coefficient (Wildman–Crippen LogP) is 1.73. The molecule has 2 aromatic heterocycles. The van der Waals surface area contributed by atoms with Crippen LogP contribution in [0.3, 0.4) is 0 Å². The van der Waals surface area contributed by atoms with Gasteiger partial charge < -0.3 is 14.4 Å². The second kappa shape index (κ2) is 8.72. The number of amides is 1. The largest absolute Gasteiger partial charge is 0.466 e. The third-order valence-corrected chi connectivity index (χ3v) is 4.55. The van der Waals surface area contributed by atoms with Crippen LogP contribution in [0.15, 0.2) is 23.7 Å². The van der Waals surface area contributed by atoms with Crippen molar-refractivity contribution in [3.8, 4) is 0 Å². The second-order valence-electron chi connectivity index (χ2n) is 5.55. The summed E-state index contributed by atoms with van der Waals surface area (Å²) in [5.41, 5.74) is 1.06. The van der Waals surface area contributed by atoms with Gasteiger partial charge in [0.05, 0.1) is 37.5 Å². The summed E-state index contributed by atoms with van der Waals surface area (Å²) in [5.74, 6) is 0.0192. The number of aromatic nitrogens is 2. The minimum Gasteiger partial charge on any atom is -0.466 e. The van der Waals surface area contributed by atoms with Crippen LogP contribution in [-0.4, -0.2) is 54.8 Å². The number of hydrogen-bond donors (Lipinski definition) is 1. The fourth-order valence-electron chi connectivity index (χ4n) is 2.57. The molecule has 9 heteroatoms. The fourth-order valence-corrected chi connectivity index (χ4v) is 3.28. The monoisotopic (exact) mass is 376 g/mol. The zero-order chi connectivity index (χ0) is 18.4. The molecule has 0 aliphatic carbocycles. The van der Waals surface area contributed by atoms with Gasteiger partial charge in [0.25, 0.3) is 5.91 Å². The molecule has 0 saturated carbocycles. The Hall–Kier alpha value is -2.52. The van der Waals surface area contributed by atoms with Crippen LogP contribution in [0.2, 0.25) is 0 Å². The van der Waals surface area contributed by atoms with Crippen LogP contribution >= 0.6 is 11.3 Å². The maximum absolute atomic E-state index is 12.7. The number of esters is 1. The highest BCUT2D eigenvalue weighted by atomic mass is 32.1. The van der Waals surface area contributed by atoms with E-state index in [1.54, 1.807) is 30.6 Å². The number of hydrogen-bond acceptors (Lipinski definition) is 8. The summed E-state index contributed by atoms with van der Waals surface area (Å²) in [7, 11) is 0. The van der Waals surface area contributed by atoms with Crippen LogP contribution in [0.1, 0.15) is 23.0 Å². The minimum absolute atomic E-state index is 0.0894. The van der Waals surface area contributed by atoms with Crippen molar-refractivity contribution in [3.05, 3.63) is 35.0 Å². The number of carbonyl (C=O) groups is 2. The van der Waals surface area contributed by atoms with Crippen LogP contribution in [0.4, 0.5) is 10.9 Å². The quantitative estimate of drug-likeness (QED) is 0.768. The molecule has 1 amide bonds. The third-order valence-electron chi connectivity index (χ3n) is 3.74. The van der Waals surface area contributed by atoms with Gasteiger partial charge in [0.1, 0.15) is 5.82 Å². The van der Waals surface area contributed by atoms with Gasteiger partial charge in [-0.2, -0.15) is 0 Å². The minimum atomic E-state index is -0.336. The van der Waals surface area contributed by atoms with E-state index in [-0.39, 0.29) is 18.3 Å². The molecule has 8 nitrogen and oxygen atoms in total. The number of anilines is 2. The fraction of sp³-hybridized carbons (Fsp3) is 0.412. The molecule has 0 unspecified atom stereocenters. The number of thiazole rings is 1. The molecule has 2 aromatic rings. The van der Waals surface area contributed by atoms with Gasteiger partial charge in [-0.05, 0) is 19.1 Å². The standard InChI is InChI=1S/C17H20N4O4S/c1-2-25-14(22)10-12-11-26-17(19-12)20-16(23)13-4-3-5-18-15(13)21-6-8-24-9-7-21/h3-5,11H,2,6-10H2,1H3,(H,19,20,23). The van der Waals surface area contributed by atoms with E-state index in [0.717, 1.165) is 0 Å². The summed E-state index contributed by atoms with van der Waals surface area (Å²) in [4.78, 5) is 34.9. The van der Waals surface area contributed by atoms with Gasteiger partial charge in [0.2, 0.25) is 0 Å². The Kier molecular flexibility index (Phi) is 6.13.